The number of phenols is 1. The van der Waals surface area contributed by atoms with Crippen LogP contribution in [0.5, 0.6) is 11.5 Å². The Balaban J connectivity index is 2.48. The van der Waals surface area contributed by atoms with E-state index in [4.69, 9.17) is 16.3 Å². The number of nitrogens with zero attached hydrogens (tertiary/aromatic N) is 1. The van der Waals surface area contributed by atoms with Gasteiger partial charge in [0, 0.05) is 12.0 Å². The number of hydrogen-bond donors (Lipinski definition) is 2. The molecule has 0 fully saturated rings. The van der Waals surface area contributed by atoms with Gasteiger partial charge in [-0.05, 0) is 24.3 Å². The van der Waals surface area contributed by atoms with E-state index in [2.05, 4.69) is 9.97 Å². The highest BCUT2D eigenvalue weighted by molar-refractivity contribution is 7.98. The highest BCUT2D eigenvalue weighted by atomic mass is 35.5. The molecule has 0 unspecified atom stereocenters. The minimum Gasteiger partial charge on any atom is -0.503 e. The molecule has 0 aliphatic carbocycles. The fourth-order valence-electron chi connectivity index (χ4n) is 2.17. The van der Waals surface area contributed by atoms with Crippen LogP contribution in [0.3, 0.4) is 0 Å². The first-order valence-corrected chi connectivity index (χ1v) is 8.32. The Hall–Kier alpha value is -1.66. The number of methoxy groups -OCH3 is 1. The predicted octanol–water partition coefficient (Wildman–Crippen LogP) is 3.01. The van der Waals surface area contributed by atoms with Crippen LogP contribution >= 0.6 is 23.4 Å². The van der Waals surface area contributed by atoms with Crippen LogP contribution in [0.15, 0.2) is 22.1 Å². The van der Waals surface area contributed by atoms with Gasteiger partial charge in [-0.15, -0.1) is 0 Å². The molecule has 0 radical (unpaired) electrons. The van der Waals surface area contributed by atoms with Gasteiger partial charge in [0.05, 0.1) is 17.8 Å². The summed E-state index contributed by atoms with van der Waals surface area (Å²) in [5.41, 5.74) is 1.77. The van der Waals surface area contributed by atoms with Crippen molar-refractivity contribution in [2.24, 2.45) is 0 Å². The van der Waals surface area contributed by atoms with Crippen molar-refractivity contribution in [1.82, 2.24) is 9.97 Å². The van der Waals surface area contributed by atoms with Crippen LogP contribution in [0.25, 0.3) is 0 Å². The molecule has 0 aliphatic rings. The van der Waals surface area contributed by atoms with Crippen molar-refractivity contribution in [3.05, 3.63) is 44.3 Å². The molecule has 2 N–H and O–H groups in total. The van der Waals surface area contributed by atoms with Gasteiger partial charge in [-0.1, -0.05) is 36.4 Å². The van der Waals surface area contributed by atoms with E-state index in [0.29, 0.717) is 34.9 Å². The average Bonchev–Trinajstić information content (AvgIpc) is 2.53. The molecular weight excluding hydrogens is 324 g/mol. The molecule has 0 atom stereocenters. The quantitative estimate of drug-likeness (QED) is 0.646. The first-order chi connectivity index (χ1) is 10.5. The zero-order valence-corrected chi connectivity index (χ0v) is 14.1. The zero-order chi connectivity index (χ0) is 16.3. The second-order valence-corrected chi connectivity index (χ2v) is 5.79. The first kappa shape index (κ1) is 16.7. The van der Waals surface area contributed by atoms with Crippen molar-refractivity contribution in [2.75, 3.05) is 13.4 Å². The van der Waals surface area contributed by atoms with Crippen LogP contribution in [0.1, 0.15) is 23.7 Å². The maximum atomic E-state index is 12.3. The number of aromatic hydroxyl groups is 1. The van der Waals surface area contributed by atoms with Crippen LogP contribution in [-0.4, -0.2) is 28.4 Å². The van der Waals surface area contributed by atoms with Crippen LogP contribution in [0.2, 0.25) is 5.02 Å². The lowest BCUT2D eigenvalue weighted by molar-refractivity contribution is 0.373. The average molecular weight is 341 g/mol. The molecule has 1 aromatic carbocycles. The molecule has 0 spiro atoms. The number of rotatable bonds is 5. The number of phenolic OH excluding ortho intramolecular Hbond substituents is 1. The zero-order valence-electron chi connectivity index (χ0n) is 12.6. The third-order valence-corrected chi connectivity index (χ3v) is 4.36. The highest BCUT2D eigenvalue weighted by Gasteiger charge is 2.16. The van der Waals surface area contributed by atoms with Crippen LogP contribution in [0.4, 0.5) is 0 Å². The number of aromatic nitrogens is 2. The Morgan fingerprint density at radius 1 is 1.45 bits per heavy atom. The SMILES string of the molecule is CCc1nc(SC)[nH]c(=O)c1Cc1ccc(OC)c(O)c1Cl. The lowest BCUT2D eigenvalue weighted by Crippen LogP contribution is -2.19. The monoisotopic (exact) mass is 340 g/mol. The third kappa shape index (κ3) is 3.23. The van der Waals surface area contributed by atoms with E-state index in [1.54, 1.807) is 12.1 Å². The number of benzene rings is 1. The van der Waals surface area contributed by atoms with Crippen LogP contribution in [-0.2, 0) is 12.8 Å². The normalized spacial score (nSPS) is 10.7. The molecular formula is C15H17ClN2O3S. The standard InChI is InChI=1S/C15H17ClN2O3S/c1-4-10-9(14(20)18-15(17-10)22-3)7-8-5-6-11(21-2)13(19)12(8)16/h5-6,19H,4,7H2,1-3H3,(H,17,18,20). The number of nitrogens with one attached hydrogen (secondary N) is 1. The third-order valence-electron chi connectivity index (χ3n) is 3.35. The molecule has 7 heteroatoms. The van der Waals surface area contributed by atoms with Gasteiger partial charge >= 0.3 is 0 Å². The van der Waals surface area contributed by atoms with E-state index < -0.39 is 0 Å². The maximum Gasteiger partial charge on any atom is 0.255 e. The van der Waals surface area contributed by atoms with Gasteiger partial charge in [-0.3, -0.25) is 4.79 Å². The summed E-state index contributed by atoms with van der Waals surface area (Å²) in [4.78, 5) is 19.4. The molecule has 1 heterocycles. The summed E-state index contributed by atoms with van der Waals surface area (Å²) in [6, 6.07) is 3.36. The van der Waals surface area contributed by atoms with Crippen molar-refractivity contribution in [1.29, 1.82) is 0 Å². The van der Waals surface area contributed by atoms with Crippen molar-refractivity contribution >= 4 is 23.4 Å². The highest BCUT2D eigenvalue weighted by Crippen LogP contribution is 2.37. The van der Waals surface area contributed by atoms with E-state index in [-0.39, 0.29) is 16.3 Å². The van der Waals surface area contributed by atoms with Crippen molar-refractivity contribution in [3.8, 4) is 11.5 Å². The van der Waals surface area contributed by atoms with Gasteiger partial charge in [-0.2, -0.15) is 0 Å². The Kier molecular flexibility index (Phi) is 5.37. The van der Waals surface area contributed by atoms with Crippen molar-refractivity contribution in [2.45, 2.75) is 24.9 Å². The van der Waals surface area contributed by atoms with E-state index >= 15 is 0 Å². The number of aryl methyl sites for hydroxylation is 1. The van der Waals surface area contributed by atoms with E-state index in [1.807, 2.05) is 13.2 Å². The minimum absolute atomic E-state index is 0.121. The Morgan fingerprint density at radius 3 is 2.77 bits per heavy atom. The largest absolute Gasteiger partial charge is 0.503 e. The van der Waals surface area contributed by atoms with Gasteiger partial charge < -0.3 is 14.8 Å². The number of H-pyrrole nitrogens is 1. The fraction of sp³-hybridized carbons (Fsp3) is 0.333. The molecule has 0 saturated carbocycles. The summed E-state index contributed by atoms with van der Waals surface area (Å²) in [5, 5.41) is 10.8. The van der Waals surface area contributed by atoms with E-state index in [0.717, 1.165) is 5.69 Å². The maximum absolute atomic E-state index is 12.3. The first-order valence-electron chi connectivity index (χ1n) is 6.72. The van der Waals surface area contributed by atoms with Crippen molar-refractivity contribution in [3.63, 3.8) is 0 Å². The van der Waals surface area contributed by atoms with Crippen molar-refractivity contribution < 1.29 is 9.84 Å². The van der Waals surface area contributed by atoms with Gasteiger partial charge in [0.1, 0.15) is 0 Å². The summed E-state index contributed by atoms with van der Waals surface area (Å²) in [6.45, 7) is 1.95. The van der Waals surface area contributed by atoms with E-state index in [1.165, 1.54) is 18.9 Å². The number of aromatic amines is 1. The summed E-state index contributed by atoms with van der Waals surface area (Å²) < 4.78 is 5.01. The smallest absolute Gasteiger partial charge is 0.255 e. The molecule has 0 saturated heterocycles. The fourth-order valence-corrected chi connectivity index (χ4v) is 2.79. The van der Waals surface area contributed by atoms with Gasteiger partial charge in [0.15, 0.2) is 16.7 Å². The van der Waals surface area contributed by atoms with Gasteiger partial charge in [0.2, 0.25) is 0 Å². The number of ether oxygens (including phenoxy) is 1. The molecule has 1 aromatic heterocycles. The Bertz CT molecular complexity index is 746. The molecule has 2 rings (SSSR count). The number of halogens is 1. The second kappa shape index (κ2) is 7.07. The Labute approximate surface area is 137 Å². The summed E-state index contributed by atoms with van der Waals surface area (Å²) >= 11 is 7.56. The summed E-state index contributed by atoms with van der Waals surface area (Å²) in [6.07, 6.45) is 2.80. The number of hydrogen-bond acceptors (Lipinski definition) is 5. The van der Waals surface area contributed by atoms with Crippen LogP contribution < -0.4 is 10.3 Å². The molecule has 118 valence electrons. The number of thioether (sulfide) groups is 1. The second-order valence-electron chi connectivity index (χ2n) is 4.62. The summed E-state index contributed by atoms with van der Waals surface area (Å²) in [7, 11) is 1.45. The van der Waals surface area contributed by atoms with Gasteiger partial charge in [-0.25, -0.2) is 4.98 Å². The molecule has 22 heavy (non-hydrogen) atoms. The van der Waals surface area contributed by atoms with E-state index in [9.17, 15) is 9.90 Å². The molecule has 5 nitrogen and oxygen atoms in total. The summed E-state index contributed by atoms with van der Waals surface area (Å²) in [5.74, 6) is 0.180. The minimum atomic E-state index is -0.178. The predicted molar refractivity (Wildman–Crippen MR) is 88.5 cm³/mol. The lowest BCUT2D eigenvalue weighted by Gasteiger charge is -2.11. The van der Waals surface area contributed by atoms with Crippen LogP contribution in [0, 0.1) is 0 Å². The molecule has 0 bridgehead atoms. The topological polar surface area (TPSA) is 75.2 Å². The lowest BCUT2D eigenvalue weighted by atomic mass is 10.0. The van der Waals surface area contributed by atoms with Gasteiger partial charge in [0.25, 0.3) is 5.56 Å². The Morgan fingerprint density at radius 2 is 2.18 bits per heavy atom. The molecule has 2 aromatic rings. The molecule has 0 amide bonds. The molecule has 0 aliphatic heterocycles.